The van der Waals surface area contributed by atoms with Crippen molar-refractivity contribution in [2.24, 2.45) is 11.8 Å². The van der Waals surface area contributed by atoms with Crippen molar-refractivity contribution in [3.05, 3.63) is 0 Å². The van der Waals surface area contributed by atoms with Crippen LogP contribution in [0.25, 0.3) is 0 Å². The first kappa shape index (κ1) is 13.7. The van der Waals surface area contributed by atoms with E-state index in [4.69, 9.17) is 0 Å². The minimum absolute atomic E-state index is 0.320. The topological polar surface area (TPSA) is 34.1 Å². The van der Waals surface area contributed by atoms with Crippen molar-refractivity contribution in [2.75, 3.05) is 5.75 Å². The Morgan fingerprint density at radius 3 is 1.81 bits per heavy atom. The summed E-state index contributed by atoms with van der Waals surface area (Å²) in [4.78, 5) is 0. The lowest BCUT2D eigenvalue weighted by Gasteiger charge is -2.28. The van der Waals surface area contributed by atoms with Crippen molar-refractivity contribution < 1.29 is 25.5 Å². The SMILES string of the molecule is O=S(=O)(F)CC1CCC(CC(F)(F)F)CC1. The molecule has 1 aliphatic rings. The zero-order valence-electron chi connectivity index (χ0n) is 8.63. The number of alkyl halides is 3. The fraction of sp³-hybridized carbons (Fsp3) is 1.00. The van der Waals surface area contributed by atoms with Gasteiger partial charge in [0.25, 0.3) is 0 Å². The molecule has 2 nitrogen and oxygen atoms in total. The number of rotatable bonds is 3. The predicted octanol–water partition coefficient (Wildman–Crippen LogP) is 3.04. The van der Waals surface area contributed by atoms with E-state index in [1.54, 1.807) is 0 Å². The van der Waals surface area contributed by atoms with Crippen LogP contribution in [-0.4, -0.2) is 20.3 Å². The molecule has 0 bridgehead atoms. The van der Waals surface area contributed by atoms with Gasteiger partial charge in [0, 0.05) is 6.42 Å². The first-order valence-corrected chi connectivity index (χ1v) is 6.70. The average Bonchev–Trinajstić information content (AvgIpc) is 2.03. The van der Waals surface area contributed by atoms with Gasteiger partial charge in [-0.05, 0) is 37.5 Å². The normalized spacial score (nSPS) is 28.0. The van der Waals surface area contributed by atoms with E-state index in [-0.39, 0.29) is 5.92 Å². The highest BCUT2D eigenvalue weighted by Gasteiger charge is 2.34. The molecule has 0 aromatic heterocycles. The van der Waals surface area contributed by atoms with Gasteiger partial charge in [0.15, 0.2) is 0 Å². The lowest BCUT2D eigenvalue weighted by Crippen LogP contribution is -2.23. The van der Waals surface area contributed by atoms with Crippen LogP contribution in [0.5, 0.6) is 0 Å². The summed E-state index contributed by atoms with van der Waals surface area (Å²) in [5.41, 5.74) is 0. The zero-order valence-corrected chi connectivity index (χ0v) is 9.45. The summed E-state index contributed by atoms with van der Waals surface area (Å²) in [5.74, 6) is -1.30. The number of hydrogen-bond donors (Lipinski definition) is 0. The molecule has 96 valence electrons. The van der Waals surface area contributed by atoms with Gasteiger partial charge in [0.2, 0.25) is 0 Å². The molecule has 1 aliphatic carbocycles. The van der Waals surface area contributed by atoms with Crippen molar-refractivity contribution in [2.45, 2.75) is 38.3 Å². The zero-order chi connectivity index (χ0) is 12.4. The first-order chi connectivity index (χ1) is 7.16. The molecule has 0 atom stereocenters. The molecule has 1 saturated carbocycles. The van der Waals surface area contributed by atoms with Crippen LogP contribution in [0.15, 0.2) is 0 Å². The van der Waals surface area contributed by atoms with E-state index in [1.165, 1.54) is 0 Å². The molecule has 7 heteroatoms. The summed E-state index contributed by atoms with van der Waals surface area (Å²) in [6, 6.07) is 0. The van der Waals surface area contributed by atoms with Crippen molar-refractivity contribution in [3.63, 3.8) is 0 Å². The summed E-state index contributed by atoms with van der Waals surface area (Å²) in [5, 5.41) is 0. The molecule has 0 aliphatic heterocycles. The minimum atomic E-state index is -4.50. The van der Waals surface area contributed by atoms with E-state index in [0.29, 0.717) is 25.7 Å². The summed E-state index contributed by atoms with van der Waals surface area (Å²) in [6.07, 6.45) is -3.58. The van der Waals surface area contributed by atoms with E-state index in [2.05, 4.69) is 0 Å². The van der Waals surface area contributed by atoms with Gasteiger partial charge in [-0.25, -0.2) is 0 Å². The van der Waals surface area contributed by atoms with E-state index in [0.717, 1.165) is 0 Å². The third-order valence-electron chi connectivity index (χ3n) is 2.92. The third-order valence-corrected chi connectivity index (χ3v) is 3.79. The lowest BCUT2D eigenvalue weighted by molar-refractivity contribution is -0.147. The Balaban J connectivity index is 2.34. The first-order valence-electron chi connectivity index (χ1n) is 5.15. The molecule has 1 rings (SSSR count). The van der Waals surface area contributed by atoms with Crippen LogP contribution in [0.2, 0.25) is 0 Å². The van der Waals surface area contributed by atoms with Crippen molar-refractivity contribution in [1.82, 2.24) is 0 Å². The van der Waals surface area contributed by atoms with E-state index >= 15 is 0 Å². The summed E-state index contributed by atoms with van der Waals surface area (Å²) in [7, 11) is -4.50. The molecule has 0 heterocycles. The van der Waals surface area contributed by atoms with Gasteiger partial charge in [-0.1, -0.05) is 0 Å². The quantitative estimate of drug-likeness (QED) is 0.578. The molecule has 0 saturated heterocycles. The predicted molar refractivity (Wildman–Crippen MR) is 51.0 cm³/mol. The molecule has 16 heavy (non-hydrogen) atoms. The fourth-order valence-corrected chi connectivity index (χ4v) is 3.11. The van der Waals surface area contributed by atoms with Crippen LogP contribution in [0.3, 0.4) is 0 Å². The van der Waals surface area contributed by atoms with Gasteiger partial charge in [-0.15, -0.1) is 3.89 Å². The summed E-state index contributed by atoms with van der Waals surface area (Å²) in [6.45, 7) is 0. The lowest BCUT2D eigenvalue weighted by atomic mass is 9.81. The average molecular weight is 262 g/mol. The van der Waals surface area contributed by atoms with Crippen LogP contribution in [-0.2, 0) is 10.2 Å². The highest BCUT2D eigenvalue weighted by molar-refractivity contribution is 7.86. The Morgan fingerprint density at radius 1 is 1.00 bits per heavy atom. The van der Waals surface area contributed by atoms with Gasteiger partial charge >= 0.3 is 16.4 Å². The Hall–Kier alpha value is -0.330. The number of halogens is 4. The van der Waals surface area contributed by atoms with Gasteiger partial charge in [0.1, 0.15) is 0 Å². The van der Waals surface area contributed by atoms with Crippen molar-refractivity contribution in [3.8, 4) is 0 Å². The largest absolute Gasteiger partial charge is 0.389 e. The Labute approximate surface area is 92.2 Å². The molecule has 0 N–H and O–H groups in total. The molecule has 0 radical (unpaired) electrons. The van der Waals surface area contributed by atoms with Crippen molar-refractivity contribution in [1.29, 1.82) is 0 Å². The van der Waals surface area contributed by atoms with Gasteiger partial charge in [-0.2, -0.15) is 21.6 Å². The maximum absolute atomic E-state index is 12.3. The molecule has 1 fully saturated rings. The molecule has 0 aromatic carbocycles. The van der Waals surface area contributed by atoms with E-state index in [9.17, 15) is 25.5 Å². The maximum Gasteiger partial charge on any atom is 0.389 e. The summed E-state index contributed by atoms with van der Waals surface area (Å²) < 4.78 is 69.2. The highest BCUT2D eigenvalue weighted by Crippen LogP contribution is 2.36. The Morgan fingerprint density at radius 2 is 1.44 bits per heavy atom. The van der Waals surface area contributed by atoms with Crippen LogP contribution < -0.4 is 0 Å². The smallest absolute Gasteiger partial charge is 0.195 e. The van der Waals surface area contributed by atoms with Crippen LogP contribution in [0, 0.1) is 11.8 Å². The fourth-order valence-electron chi connectivity index (χ4n) is 2.21. The highest BCUT2D eigenvalue weighted by atomic mass is 32.3. The minimum Gasteiger partial charge on any atom is -0.195 e. The maximum atomic E-state index is 12.3. The van der Waals surface area contributed by atoms with Crippen LogP contribution in [0.4, 0.5) is 17.1 Å². The van der Waals surface area contributed by atoms with Crippen LogP contribution >= 0.6 is 0 Å². The molecule has 0 unspecified atom stereocenters. The monoisotopic (exact) mass is 262 g/mol. The standard InChI is InChI=1S/C9H14F4O2S/c10-9(11,12)5-7-1-3-8(4-2-7)6-16(13,14)15/h7-8H,1-6H2. The second-order valence-corrected chi connectivity index (χ2v) is 5.82. The molecular formula is C9H14F4O2S. The van der Waals surface area contributed by atoms with Gasteiger partial charge < -0.3 is 0 Å². The van der Waals surface area contributed by atoms with E-state index in [1.807, 2.05) is 0 Å². The van der Waals surface area contributed by atoms with Crippen LogP contribution in [0.1, 0.15) is 32.1 Å². The second-order valence-electron chi connectivity index (χ2n) is 4.41. The molecular weight excluding hydrogens is 248 g/mol. The molecule has 0 aromatic rings. The summed E-state index contributed by atoms with van der Waals surface area (Å²) >= 11 is 0. The second kappa shape index (κ2) is 4.89. The van der Waals surface area contributed by atoms with Gasteiger partial charge in [0.05, 0.1) is 5.75 Å². The van der Waals surface area contributed by atoms with Crippen molar-refractivity contribution >= 4 is 10.2 Å². The molecule has 0 spiro atoms. The third kappa shape index (κ3) is 5.67. The Kier molecular flexibility index (Phi) is 4.20. The Bertz CT molecular complexity index is 315. The van der Waals surface area contributed by atoms with E-state index < -0.39 is 34.5 Å². The molecule has 0 amide bonds. The van der Waals surface area contributed by atoms with Gasteiger partial charge in [-0.3, -0.25) is 0 Å². The number of hydrogen-bond acceptors (Lipinski definition) is 2.